The lowest BCUT2D eigenvalue weighted by Gasteiger charge is -2.19. The largest absolute Gasteiger partial charge is 0.496 e. The molecule has 0 saturated carbocycles. The molecule has 0 spiro atoms. The van der Waals surface area contributed by atoms with Crippen LogP contribution in [0.25, 0.3) is 33.2 Å². The number of aromatic nitrogens is 1. The molecular weight excluding hydrogens is 532 g/mol. The van der Waals surface area contributed by atoms with Crippen LogP contribution in [0.1, 0.15) is 22.8 Å². The van der Waals surface area contributed by atoms with Crippen LogP contribution in [0.3, 0.4) is 0 Å². The van der Waals surface area contributed by atoms with Crippen LogP contribution < -0.4 is 21.1 Å². The number of nitrogens with one attached hydrogen (secondary N) is 2. The van der Waals surface area contributed by atoms with Crippen molar-refractivity contribution >= 4 is 34.3 Å². The van der Waals surface area contributed by atoms with E-state index in [0.29, 0.717) is 38.9 Å². The number of alkyl halides is 3. The maximum Gasteiger partial charge on any atom is 0.408 e. The van der Waals surface area contributed by atoms with Crippen LogP contribution in [0, 0.1) is 6.92 Å². The number of fused-ring (bicyclic) bond motifs is 1. The van der Waals surface area contributed by atoms with Crippen molar-refractivity contribution in [3.8, 4) is 28.0 Å². The average molecular weight is 557 g/mol. The van der Waals surface area contributed by atoms with Crippen LogP contribution in [0.5, 0.6) is 5.75 Å². The first-order valence-corrected chi connectivity index (χ1v) is 11.8. The Bertz CT molecular complexity index is 1650. The number of nitrogens with two attached hydrogens (primary N) is 1. The van der Waals surface area contributed by atoms with Crippen LogP contribution in [-0.2, 0) is 4.79 Å². The number of hydrogen-bond acceptors (Lipinski definition) is 6. The van der Waals surface area contributed by atoms with Crippen molar-refractivity contribution in [1.29, 1.82) is 0 Å². The van der Waals surface area contributed by atoms with E-state index in [4.69, 9.17) is 15.0 Å². The molecule has 2 amide bonds. The fourth-order valence-corrected chi connectivity index (χ4v) is 4.22. The zero-order chi connectivity index (χ0) is 29.4. The number of nitrogens with zero attached hydrogens (tertiary/aromatic N) is 1. The van der Waals surface area contributed by atoms with Crippen molar-refractivity contribution in [3.05, 3.63) is 72.1 Å². The minimum Gasteiger partial charge on any atom is -0.496 e. The first-order chi connectivity index (χ1) is 18.8. The Morgan fingerprint density at radius 3 is 2.42 bits per heavy atom. The van der Waals surface area contributed by atoms with Crippen LogP contribution >= 0.6 is 0 Å². The highest BCUT2D eigenvalue weighted by Crippen LogP contribution is 2.43. The van der Waals surface area contributed by atoms with E-state index in [0.717, 1.165) is 12.5 Å². The molecule has 0 fully saturated rings. The monoisotopic (exact) mass is 556 g/mol. The third kappa shape index (κ3) is 5.46. The topological polar surface area (TPSA) is 119 Å². The molecule has 8 nitrogen and oxygen atoms in total. The lowest BCUT2D eigenvalue weighted by Crippen LogP contribution is -2.43. The van der Waals surface area contributed by atoms with Crippen molar-refractivity contribution in [3.63, 3.8) is 0 Å². The molecule has 4 N–H and O–H groups in total. The molecule has 1 atom stereocenters. The molecule has 1 heterocycles. The number of rotatable bonds is 7. The number of nitrogen functional groups attached to an aromatic ring is 1. The summed E-state index contributed by atoms with van der Waals surface area (Å²) < 4.78 is 62.9. The molecule has 0 aliphatic rings. The van der Waals surface area contributed by atoms with Crippen molar-refractivity contribution < 1.29 is 36.4 Å². The molecule has 0 aliphatic carbocycles. The Labute approximate surface area is 225 Å². The predicted molar refractivity (Wildman–Crippen MR) is 142 cm³/mol. The first kappa shape index (κ1) is 28.1. The Morgan fingerprint density at radius 2 is 1.80 bits per heavy atom. The van der Waals surface area contributed by atoms with Crippen molar-refractivity contribution in [2.75, 3.05) is 18.2 Å². The second kappa shape index (κ2) is 10.7. The Balaban J connectivity index is 1.84. The van der Waals surface area contributed by atoms with Crippen LogP contribution in [0.2, 0.25) is 0 Å². The number of methoxy groups -OCH3 is 1. The lowest BCUT2D eigenvalue weighted by molar-refractivity contribution is -0.149. The molecule has 4 rings (SSSR count). The van der Waals surface area contributed by atoms with Gasteiger partial charge < -0.3 is 25.6 Å². The molecule has 0 bridgehead atoms. The molecule has 0 saturated heterocycles. The summed E-state index contributed by atoms with van der Waals surface area (Å²) in [6, 6.07) is 10.8. The van der Waals surface area contributed by atoms with Crippen molar-refractivity contribution in [1.82, 2.24) is 10.5 Å². The summed E-state index contributed by atoms with van der Waals surface area (Å²) in [6.07, 6.45) is -4.62. The Kier molecular flexibility index (Phi) is 7.54. The summed E-state index contributed by atoms with van der Waals surface area (Å²) >= 11 is 0. The number of carbonyl (C=O) groups excluding carboxylic acids is 2. The normalized spacial score (nSPS) is 12.2. The number of aryl methyl sites for hydroxylation is 1. The Morgan fingerprint density at radius 1 is 1.10 bits per heavy atom. The Hall–Kier alpha value is -4.87. The molecule has 1 aromatic heterocycles. The fourth-order valence-electron chi connectivity index (χ4n) is 4.22. The van der Waals surface area contributed by atoms with Gasteiger partial charge in [0.25, 0.3) is 11.8 Å². The van der Waals surface area contributed by atoms with Crippen molar-refractivity contribution in [2.45, 2.75) is 26.1 Å². The molecule has 0 unspecified atom stereocenters. The van der Waals surface area contributed by atoms with Gasteiger partial charge in [0.2, 0.25) is 0 Å². The van der Waals surface area contributed by atoms with Gasteiger partial charge in [-0.1, -0.05) is 23.9 Å². The van der Waals surface area contributed by atoms with Gasteiger partial charge in [-0.15, -0.1) is 0 Å². The fraction of sp³-hybridized carbons (Fsp3) is 0.179. The second-order valence-electron chi connectivity index (χ2n) is 8.97. The van der Waals surface area contributed by atoms with E-state index in [2.05, 4.69) is 17.1 Å². The summed E-state index contributed by atoms with van der Waals surface area (Å²) in [5.74, 6) is -2.93. The standard InChI is InChI=1S/C28H24F4N4O4/c1-13-11-17(35-26(37)14(2)29)6-8-18(13)19-9-10-21-24(25(33)36-40-21)23(19)16-5-7-20(22(12-16)39-4)27(38)34-15(3)28(30,31)32/h5-12,15H,2H2,1,3-4H3,(H2,33,36)(H,34,38)(H,35,37)/t15-/m0/s1. The number of anilines is 2. The summed E-state index contributed by atoms with van der Waals surface area (Å²) in [5.41, 5.74) is 9.94. The molecule has 208 valence electrons. The highest BCUT2D eigenvalue weighted by Gasteiger charge is 2.37. The van der Waals surface area contributed by atoms with E-state index in [1.807, 2.05) is 5.32 Å². The van der Waals surface area contributed by atoms with E-state index in [1.54, 1.807) is 43.3 Å². The van der Waals surface area contributed by atoms with Gasteiger partial charge in [-0.25, -0.2) is 4.39 Å². The molecule has 3 aromatic carbocycles. The van der Waals surface area contributed by atoms with Gasteiger partial charge in [-0.05, 0) is 72.5 Å². The number of benzene rings is 3. The van der Waals surface area contributed by atoms with Gasteiger partial charge in [0.1, 0.15) is 11.8 Å². The number of halogens is 4. The summed E-state index contributed by atoms with van der Waals surface area (Å²) in [6.45, 7) is 5.61. The van der Waals surface area contributed by atoms with Gasteiger partial charge >= 0.3 is 6.18 Å². The molecule has 4 aromatic rings. The number of ether oxygens (including phenoxy) is 1. The minimum atomic E-state index is -4.62. The average Bonchev–Trinajstić information content (AvgIpc) is 3.27. The van der Waals surface area contributed by atoms with Crippen LogP contribution in [-0.4, -0.2) is 36.3 Å². The van der Waals surface area contributed by atoms with Gasteiger partial charge in [0.15, 0.2) is 17.2 Å². The van der Waals surface area contributed by atoms with Crippen LogP contribution in [0.4, 0.5) is 29.1 Å². The van der Waals surface area contributed by atoms with Crippen molar-refractivity contribution in [2.24, 2.45) is 0 Å². The third-order valence-electron chi connectivity index (χ3n) is 6.26. The third-order valence-corrected chi connectivity index (χ3v) is 6.26. The first-order valence-electron chi connectivity index (χ1n) is 11.8. The number of carbonyl (C=O) groups is 2. The molecule has 0 radical (unpaired) electrons. The molecule has 40 heavy (non-hydrogen) atoms. The van der Waals surface area contributed by atoms with Gasteiger partial charge in [0.05, 0.1) is 18.1 Å². The molecule has 12 heteroatoms. The minimum absolute atomic E-state index is 0.0311. The SMILES string of the molecule is C=C(F)C(=O)Nc1ccc(-c2ccc3onc(N)c3c2-c2ccc(C(=O)N[C@@H](C)C(F)(F)F)c(OC)c2)c(C)c1. The highest BCUT2D eigenvalue weighted by atomic mass is 19.4. The van der Waals surface area contributed by atoms with E-state index in [9.17, 15) is 27.2 Å². The number of amides is 2. The van der Waals surface area contributed by atoms with E-state index >= 15 is 0 Å². The summed E-state index contributed by atoms with van der Waals surface area (Å²) in [5, 5.41) is 8.66. The quantitative estimate of drug-likeness (QED) is 0.185. The second-order valence-corrected chi connectivity index (χ2v) is 8.97. The maximum atomic E-state index is 13.2. The van der Waals surface area contributed by atoms with Gasteiger partial charge in [-0.3, -0.25) is 9.59 Å². The zero-order valence-electron chi connectivity index (χ0n) is 21.6. The molecular formula is C28H24F4N4O4. The smallest absolute Gasteiger partial charge is 0.408 e. The van der Waals surface area contributed by atoms with Gasteiger partial charge in [0, 0.05) is 11.3 Å². The van der Waals surface area contributed by atoms with E-state index in [1.165, 1.54) is 19.2 Å². The van der Waals surface area contributed by atoms with Gasteiger partial charge in [-0.2, -0.15) is 13.2 Å². The zero-order valence-corrected chi connectivity index (χ0v) is 21.6. The predicted octanol–water partition coefficient (Wildman–Crippen LogP) is 6.16. The lowest BCUT2D eigenvalue weighted by atomic mass is 9.89. The van der Waals surface area contributed by atoms with E-state index in [-0.39, 0.29) is 17.1 Å². The molecule has 0 aliphatic heterocycles. The summed E-state index contributed by atoms with van der Waals surface area (Å²) in [7, 11) is 1.29. The van der Waals surface area contributed by atoms with Crippen LogP contribution in [0.15, 0.2) is 65.5 Å². The summed E-state index contributed by atoms with van der Waals surface area (Å²) in [4.78, 5) is 24.3. The number of hydrogen-bond donors (Lipinski definition) is 3. The van der Waals surface area contributed by atoms with E-state index < -0.39 is 29.9 Å². The maximum absolute atomic E-state index is 13.2. The highest BCUT2D eigenvalue weighted by molar-refractivity contribution is 6.08.